The van der Waals surface area contributed by atoms with Gasteiger partial charge in [-0.3, -0.25) is 9.37 Å². The summed E-state index contributed by atoms with van der Waals surface area (Å²) in [5, 5.41) is 0.499. The molecule has 0 fully saturated rings. The first kappa shape index (κ1) is 12.6. The minimum atomic E-state index is -0.431. The third-order valence-corrected chi connectivity index (χ3v) is 1.94. The van der Waals surface area contributed by atoms with Gasteiger partial charge in [0.2, 0.25) is 0 Å². The van der Waals surface area contributed by atoms with Crippen molar-refractivity contribution in [1.29, 1.82) is 0 Å². The van der Waals surface area contributed by atoms with Gasteiger partial charge in [-0.05, 0) is 18.1 Å². The molecule has 5 heteroatoms. The summed E-state index contributed by atoms with van der Waals surface area (Å²) in [6.45, 7) is -0.431. The lowest BCUT2D eigenvalue weighted by Gasteiger charge is -2.10. The SMILES string of the molecule is Cl.N[C@@H](CCF)c1ccncc1Cl. The standard InChI is InChI=1S/C8H10ClFN2.ClH/c9-7-5-12-4-2-6(7)8(11)1-3-10;/h2,4-5,8H,1,3,11H2;1H/t8-;/m0./s1. The molecule has 1 rings (SSSR count). The lowest BCUT2D eigenvalue weighted by Crippen LogP contribution is -2.11. The van der Waals surface area contributed by atoms with Crippen LogP contribution in [0.5, 0.6) is 0 Å². The van der Waals surface area contributed by atoms with Crippen molar-refractivity contribution in [2.75, 3.05) is 6.67 Å². The molecule has 13 heavy (non-hydrogen) atoms. The number of halogens is 3. The number of nitrogens with zero attached hydrogens (tertiary/aromatic N) is 1. The normalized spacial score (nSPS) is 11.9. The van der Waals surface area contributed by atoms with Gasteiger partial charge in [-0.2, -0.15) is 0 Å². The van der Waals surface area contributed by atoms with Crippen LogP contribution in [-0.2, 0) is 0 Å². The zero-order valence-electron chi connectivity index (χ0n) is 6.91. The molecule has 0 spiro atoms. The quantitative estimate of drug-likeness (QED) is 0.858. The van der Waals surface area contributed by atoms with Crippen LogP contribution in [0.25, 0.3) is 0 Å². The monoisotopic (exact) mass is 224 g/mol. The molecule has 0 aliphatic carbocycles. The van der Waals surface area contributed by atoms with Gasteiger partial charge in [-0.25, -0.2) is 0 Å². The zero-order valence-corrected chi connectivity index (χ0v) is 8.48. The van der Waals surface area contributed by atoms with Gasteiger partial charge in [0.1, 0.15) is 0 Å². The molecule has 0 saturated heterocycles. The molecule has 0 unspecified atom stereocenters. The second kappa shape index (κ2) is 6.13. The van der Waals surface area contributed by atoms with E-state index >= 15 is 0 Å². The van der Waals surface area contributed by atoms with Crippen LogP contribution in [-0.4, -0.2) is 11.7 Å². The summed E-state index contributed by atoms with van der Waals surface area (Å²) < 4.78 is 11.9. The fourth-order valence-electron chi connectivity index (χ4n) is 0.960. The first-order chi connectivity index (χ1) is 5.75. The summed E-state index contributed by atoms with van der Waals surface area (Å²) in [4.78, 5) is 3.81. The van der Waals surface area contributed by atoms with E-state index < -0.39 is 6.67 Å². The maximum atomic E-state index is 11.9. The van der Waals surface area contributed by atoms with E-state index in [-0.39, 0.29) is 18.4 Å². The lowest BCUT2D eigenvalue weighted by atomic mass is 10.1. The van der Waals surface area contributed by atoms with Crippen molar-refractivity contribution in [2.45, 2.75) is 12.5 Å². The van der Waals surface area contributed by atoms with Crippen molar-refractivity contribution in [2.24, 2.45) is 5.73 Å². The summed E-state index contributed by atoms with van der Waals surface area (Å²) in [5.41, 5.74) is 6.41. The Hall–Kier alpha value is -0.380. The Bertz CT molecular complexity index is 258. The number of aromatic nitrogens is 1. The molecular weight excluding hydrogens is 214 g/mol. The Labute approximate surface area is 87.7 Å². The van der Waals surface area contributed by atoms with E-state index in [9.17, 15) is 4.39 Å². The molecule has 1 aromatic rings. The second-order valence-electron chi connectivity index (χ2n) is 2.48. The minimum absolute atomic E-state index is 0. The molecule has 1 aromatic heterocycles. The van der Waals surface area contributed by atoms with Crippen molar-refractivity contribution >= 4 is 24.0 Å². The van der Waals surface area contributed by atoms with Crippen LogP contribution in [0.2, 0.25) is 5.02 Å². The molecule has 1 heterocycles. The van der Waals surface area contributed by atoms with Gasteiger partial charge < -0.3 is 5.73 Å². The first-order valence-electron chi connectivity index (χ1n) is 3.66. The second-order valence-corrected chi connectivity index (χ2v) is 2.89. The van der Waals surface area contributed by atoms with E-state index in [2.05, 4.69) is 4.98 Å². The van der Waals surface area contributed by atoms with E-state index in [1.807, 2.05) is 0 Å². The van der Waals surface area contributed by atoms with Gasteiger partial charge in [0.15, 0.2) is 0 Å². The maximum Gasteiger partial charge on any atom is 0.0912 e. The van der Waals surface area contributed by atoms with Crippen LogP contribution in [0.15, 0.2) is 18.5 Å². The van der Waals surface area contributed by atoms with Crippen molar-refractivity contribution in [3.05, 3.63) is 29.0 Å². The first-order valence-corrected chi connectivity index (χ1v) is 4.04. The minimum Gasteiger partial charge on any atom is -0.324 e. The van der Waals surface area contributed by atoms with Crippen LogP contribution >= 0.6 is 24.0 Å². The highest BCUT2D eigenvalue weighted by Crippen LogP contribution is 2.21. The van der Waals surface area contributed by atoms with Gasteiger partial charge in [0, 0.05) is 18.4 Å². The number of hydrogen-bond acceptors (Lipinski definition) is 2. The third-order valence-electron chi connectivity index (χ3n) is 1.62. The summed E-state index contributed by atoms with van der Waals surface area (Å²) >= 11 is 5.79. The van der Waals surface area contributed by atoms with Gasteiger partial charge in [0.05, 0.1) is 11.7 Å². The zero-order chi connectivity index (χ0) is 8.97. The van der Waals surface area contributed by atoms with Gasteiger partial charge >= 0.3 is 0 Å². The van der Waals surface area contributed by atoms with Crippen LogP contribution < -0.4 is 5.73 Å². The predicted molar refractivity (Wildman–Crippen MR) is 54.0 cm³/mol. The number of nitrogens with two attached hydrogens (primary N) is 1. The largest absolute Gasteiger partial charge is 0.324 e. The Kier molecular flexibility index (Phi) is 5.95. The molecule has 0 bridgehead atoms. The fourth-order valence-corrected chi connectivity index (χ4v) is 1.22. The number of alkyl halides is 1. The molecule has 0 aliphatic heterocycles. The van der Waals surface area contributed by atoms with Crippen molar-refractivity contribution in [1.82, 2.24) is 4.98 Å². The summed E-state index contributed by atoms with van der Waals surface area (Å²) in [6, 6.07) is 1.38. The Morgan fingerprint density at radius 2 is 2.31 bits per heavy atom. The molecule has 0 aromatic carbocycles. The molecule has 0 aliphatic rings. The van der Waals surface area contributed by atoms with Gasteiger partial charge in [0.25, 0.3) is 0 Å². The highest BCUT2D eigenvalue weighted by Gasteiger charge is 2.08. The van der Waals surface area contributed by atoms with Gasteiger partial charge in [-0.1, -0.05) is 11.6 Å². The van der Waals surface area contributed by atoms with E-state index in [4.69, 9.17) is 17.3 Å². The fraction of sp³-hybridized carbons (Fsp3) is 0.375. The Morgan fingerprint density at radius 3 is 2.85 bits per heavy atom. The molecule has 0 radical (unpaired) electrons. The predicted octanol–water partition coefficient (Wildman–Crippen LogP) is 2.52. The Morgan fingerprint density at radius 1 is 1.62 bits per heavy atom. The van der Waals surface area contributed by atoms with Crippen LogP contribution in [0.1, 0.15) is 18.0 Å². The summed E-state index contributed by atoms with van der Waals surface area (Å²) in [7, 11) is 0. The van der Waals surface area contributed by atoms with Crippen molar-refractivity contribution in [3.63, 3.8) is 0 Å². The van der Waals surface area contributed by atoms with Crippen molar-refractivity contribution < 1.29 is 4.39 Å². The van der Waals surface area contributed by atoms with E-state index in [1.54, 1.807) is 12.3 Å². The molecule has 0 saturated carbocycles. The average molecular weight is 225 g/mol. The van der Waals surface area contributed by atoms with E-state index in [1.165, 1.54) is 6.20 Å². The molecule has 74 valence electrons. The molecule has 0 amide bonds. The molecule has 1 atom stereocenters. The average Bonchev–Trinajstić information content (AvgIpc) is 2.05. The third kappa shape index (κ3) is 3.46. The number of rotatable bonds is 3. The maximum absolute atomic E-state index is 11.9. The highest BCUT2D eigenvalue weighted by atomic mass is 35.5. The lowest BCUT2D eigenvalue weighted by molar-refractivity contribution is 0.442. The number of pyridine rings is 1. The molecular formula is C8H11Cl2FN2. The molecule has 2 N–H and O–H groups in total. The van der Waals surface area contributed by atoms with E-state index in [0.29, 0.717) is 11.4 Å². The number of hydrogen-bond donors (Lipinski definition) is 1. The molecule has 2 nitrogen and oxygen atoms in total. The van der Waals surface area contributed by atoms with E-state index in [0.717, 1.165) is 5.56 Å². The van der Waals surface area contributed by atoms with Crippen molar-refractivity contribution in [3.8, 4) is 0 Å². The van der Waals surface area contributed by atoms with Crippen LogP contribution in [0.3, 0.4) is 0 Å². The topological polar surface area (TPSA) is 38.9 Å². The van der Waals surface area contributed by atoms with Gasteiger partial charge in [-0.15, -0.1) is 12.4 Å². The highest BCUT2D eigenvalue weighted by molar-refractivity contribution is 6.31. The summed E-state index contributed by atoms with van der Waals surface area (Å²) in [5.74, 6) is 0. The smallest absolute Gasteiger partial charge is 0.0912 e. The van der Waals surface area contributed by atoms with Crippen LogP contribution in [0, 0.1) is 0 Å². The van der Waals surface area contributed by atoms with Crippen LogP contribution in [0.4, 0.5) is 4.39 Å². The summed E-state index contributed by atoms with van der Waals surface area (Å²) in [6.07, 6.45) is 3.40. The Balaban J connectivity index is 0.00000144.